The number of nitrogens with zero attached hydrogens (tertiary/aromatic N) is 2. The van der Waals surface area contributed by atoms with Crippen LogP contribution in [-0.2, 0) is 0 Å². The second kappa shape index (κ2) is 2.44. The predicted molar refractivity (Wildman–Crippen MR) is 35.7 cm³/mol. The number of aromatic nitrogens is 3. The number of hydrogen-bond acceptors (Lipinski definition) is 2. The highest BCUT2D eigenvalue weighted by molar-refractivity contribution is 5.58. The molecule has 0 aromatic carbocycles. The molecule has 3 nitrogen and oxygen atoms in total. The first-order valence-corrected chi connectivity index (χ1v) is 2.83. The Morgan fingerprint density at radius 2 is 2.56 bits per heavy atom. The van der Waals surface area contributed by atoms with Crippen LogP contribution in [0.25, 0.3) is 5.57 Å². The molecule has 0 fully saturated rings. The van der Waals surface area contributed by atoms with Gasteiger partial charge in [0.15, 0.2) is 0 Å². The van der Waals surface area contributed by atoms with Gasteiger partial charge in [-0.25, -0.2) is 0 Å². The first kappa shape index (κ1) is 6.01. The normalized spacial score (nSPS) is 12.0. The van der Waals surface area contributed by atoms with Crippen molar-refractivity contribution in [1.29, 1.82) is 0 Å². The fourth-order valence-corrected chi connectivity index (χ4v) is 0.539. The molecule has 9 heavy (non-hydrogen) atoms. The molecular formula is C6H9N3. The molecular weight excluding hydrogens is 114 g/mol. The summed E-state index contributed by atoms with van der Waals surface area (Å²) in [6.45, 7) is 3.97. The van der Waals surface area contributed by atoms with Crippen molar-refractivity contribution in [1.82, 2.24) is 15.4 Å². The zero-order valence-electron chi connectivity index (χ0n) is 5.55. The van der Waals surface area contributed by atoms with E-state index in [-0.39, 0.29) is 0 Å². The summed E-state index contributed by atoms with van der Waals surface area (Å²) in [7, 11) is 0. The summed E-state index contributed by atoms with van der Waals surface area (Å²) in [5, 5.41) is 10.1. The van der Waals surface area contributed by atoms with Gasteiger partial charge in [0.05, 0.1) is 6.20 Å². The number of allylic oxidation sites excluding steroid dienone is 2. The summed E-state index contributed by atoms with van der Waals surface area (Å²) in [4.78, 5) is 0. The van der Waals surface area contributed by atoms with Crippen molar-refractivity contribution in [2.45, 2.75) is 13.8 Å². The lowest BCUT2D eigenvalue weighted by Gasteiger charge is -1.87. The van der Waals surface area contributed by atoms with Crippen LogP contribution in [0.3, 0.4) is 0 Å². The minimum Gasteiger partial charge on any atom is -0.197 e. The molecule has 1 rings (SSSR count). The number of nitrogens with one attached hydrogen (secondary N) is 1. The lowest BCUT2D eigenvalue weighted by molar-refractivity contribution is 0.935. The number of rotatable bonds is 1. The Morgan fingerprint density at radius 3 is 3.00 bits per heavy atom. The SMILES string of the molecule is C/C=C(\C)c1cn[nH]n1. The molecule has 0 amide bonds. The van der Waals surface area contributed by atoms with Crippen molar-refractivity contribution in [3.05, 3.63) is 18.0 Å². The minimum atomic E-state index is 0.914. The van der Waals surface area contributed by atoms with E-state index in [1.807, 2.05) is 19.9 Å². The van der Waals surface area contributed by atoms with Crippen LogP contribution < -0.4 is 0 Å². The lowest BCUT2D eigenvalue weighted by atomic mass is 10.2. The minimum absolute atomic E-state index is 0.914. The first-order chi connectivity index (χ1) is 4.34. The van der Waals surface area contributed by atoms with E-state index in [0.29, 0.717) is 0 Å². The Kier molecular flexibility index (Phi) is 1.63. The van der Waals surface area contributed by atoms with Crippen molar-refractivity contribution in [3.8, 4) is 0 Å². The molecule has 0 radical (unpaired) electrons. The van der Waals surface area contributed by atoms with Gasteiger partial charge in [-0.1, -0.05) is 6.08 Å². The smallest absolute Gasteiger partial charge is 0.108 e. The van der Waals surface area contributed by atoms with Crippen LogP contribution in [0.4, 0.5) is 0 Å². The zero-order chi connectivity index (χ0) is 6.69. The largest absolute Gasteiger partial charge is 0.197 e. The van der Waals surface area contributed by atoms with Gasteiger partial charge in [0, 0.05) is 0 Å². The van der Waals surface area contributed by atoms with E-state index in [1.54, 1.807) is 6.20 Å². The molecule has 0 aliphatic heterocycles. The standard InChI is InChI=1S/C6H9N3/c1-3-5(2)6-4-7-9-8-6/h3-4H,1-2H3,(H,7,8,9)/b5-3+. The molecule has 0 saturated carbocycles. The molecule has 1 N–H and O–H groups in total. The van der Waals surface area contributed by atoms with Gasteiger partial charge in [-0.3, -0.25) is 0 Å². The molecule has 1 aromatic rings. The summed E-state index contributed by atoms with van der Waals surface area (Å²) >= 11 is 0. The highest BCUT2D eigenvalue weighted by atomic mass is 15.3. The van der Waals surface area contributed by atoms with Gasteiger partial charge in [-0.15, -0.1) is 0 Å². The number of hydrogen-bond donors (Lipinski definition) is 1. The van der Waals surface area contributed by atoms with Crippen LogP contribution in [0.5, 0.6) is 0 Å². The van der Waals surface area contributed by atoms with Gasteiger partial charge < -0.3 is 0 Å². The number of H-pyrrole nitrogens is 1. The van der Waals surface area contributed by atoms with Crippen molar-refractivity contribution < 1.29 is 0 Å². The van der Waals surface area contributed by atoms with E-state index in [2.05, 4.69) is 15.4 Å². The second-order valence-electron chi connectivity index (χ2n) is 1.83. The van der Waals surface area contributed by atoms with Crippen molar-refractivity contribution in [3.63, 3.8) is 0 Å². The maximum Gasteiger partial charge on any atom is 0.108 e. The Morgan fingerprint density at radius 1 is 1.78 bits per heavy atom. The third-order valence-corrected chi connectivity index (χ3v) is 1.25. The summed E-state index contributed by atoms with van der Waals surface area (Å²) in [5.41, 5.74) is 2.06. The molecule has 1 aromatic heterocycles. The Labute approximate surface area is 53.8 Å². The van der Waals surface area contributed by atoms with Gasteiger partial charge in [-0.05, 0) is 19.4 Å². The van der Waals surface area contributed by atoms with E-state index < -0.39 is 0 Å². The Hall–Kier alpha value is -1.12. The second-order valence-corrected chi connectivity index (χ2v) is 1.83. The van der Waals surface area contributed by atoms with Gasteiger partial charge in [-0.2, -0.15) is 15.4 Å². The van der Waals surface area contributed by atoms with E-state index in [4.69, 9.17) is 0 Å². The maximum absolute atomic E-state index is 3.88. The summed E-state index contributed by atoms with van der Waals surface area (Å²) < 4.78 is 0. The van der Waals surface area contributed by atoms with Gasteiger partial charge in [0.2, 0.25) is 0 Å². The highest BCUT2D eigenvalue weighted by Gasteiger charge is 1.93. The van der Waals surface area contributed by atoms with Gasteiger partial charge in [0.25, 0.3) is 0 Å². The van der Waals surface area contributed by atoms with Crippen molar-refractivity contribution in [2.24, 2.45) is 0 Å². The van der Waals surface area contributed by atoms with E-state index in [9.17, 15) is 0 Å². The third kappa shape index (κ3) is 1.16. The van der Waals surface area contributed by atoms with Gasteiger partial charge >= 0.3 is 0 Å². The zero-order valence-corrected chi connectivity index (χ0v) is 5.55. The quantitative estimate of drug-likeness (QED) is 0.610. The fraction of sp³-hybridized carbons (Fsp3) is 0.333. The van der Waals surface area contributed by atoms with Crippen LogP contribution in [0.15, 0.2) is 12.3 Å². The summed E-state index contributed by atoms with van der Waals surface area (Å²) in [5.74, 6) is 0. The van der Waals surface area contributed by atoms with Crippen molar-refractivity contribution >= 4 is 5.57 Å². The lowest BCUT2D eigenvalue weighted by Crippen LogP contribution is -1.76. The average molecular weight is 123 g/mol. The first-order valence-electron chi connectivity index (χ1n) is 2.83. The molecule has 0 spiro atoms. The topological polar surface area (TPSA) is 41.6 Å². The molecule has 0 bridgehead atoms. The monoisotopic (exact) mass is 123 g/mol. The third-order valence-electron chi connectivity index (χ3n) is 1.25. The van der Waals surface area contributed by atoms with Crippen LogP contribution in [0.1, 0.15) is 19.5 Å². The molecule has 48 valence electrons. The van der Waals surface area contributed by atoms with E-state index in [1.165, 1.54) is 0 Å². The van der Waals surface area contributed by atoms with Crippen LogP contribution in [0.2, 0.25) is 0 Å². The predicted octanol–water partition coefficient (Wildman–Crippen LogP) is 1.23. The van der Waals surface area contributed by atoms with E-state index >= 15 is 0 Å². The highest BCUT2D eigenvalue weighted by Crippen LogP contribution is 2.05. The molecule has 0 atom stereocenters. The average Bonchev–Trinajstić information content (AvgIpc) is 2.37. The van der Waals surface area contributed by atoms with Crippen LogP contribution in [0, 0.1) is 0 Å². The number of aromatic amines is 1. The molecule has 1 heterocycles. The van der Waals surface area contributed by atoms with Gasteiger partial charge in [0.1, 0.15) is 5.69 Å². The molecule has 0 aliphatic rings. The molecule has 0 saturated heterocycles. The van der Waals surface area contributed by atoms with E-state index in [0.717, 1.165) is 11.3 Å². The fourth-order valence-electron chi connectivity index (χ4n) is 0.539. The molecule has 3 heteroatoms. The Bertz CT molecular complexity index is 198. The molecule has 0 unspecified atom stereocenters. The maximum atomic E-state index is 3.88. The Balaban J connectivity index is 2.90. The van der Waals surface area contributed by atoms with Crippen molar-refractivity contribution in [2.75, 3.05) is 0 Å². The summed E-state index contributed by atoms with van der Waals surface area (Å²) in [6.07, 6.45) is 3.70. The summed E-state index contributed by atoms with van der Waals surface area (Å²) in [6, 6.07) is 0. The van der Waals surface area contributed by atoms with Crippen LogP contribution in [-0.4, -0.2) is 15.4 Å². The van der Waals surface area contributed by atoms with Crippen LogP contribution >= 0.6 is 0 Å². The molecule has 0 aliphatic carbocycles.